The average molecular weight is 275 g/mol. The molecule has 0 fully saturated rings. The number of aromatic nitrogens is 1. The Hall–Kier alpha value is -1.85. The van der Waals surface area contributed by atoms with E-state index in [9.17, 15) is 4.79 Å². The highest BCUT2D eigenvalue weighted by molar-refractivity contribution is 7.98. The van der Waals surface area contributed by atoms with Crippen LogP contribution >= 0.6 is 11.8 Å². The Kier molecular flexibility index (Phi) is 4.54. The zero-order valence-electron chi connectivity index (χ0n) is 10.1. The van der Waals surface area contributed by atoms with Gasteiger partial charge in [-0.2, -0.15) is 0 Å². The summed E-state index contributed by atoms with van der Waals surface area (Å²) in [5.74, 6) is -0.214. The van der Waals surface area contributed by atoms with E-state index in [-0.39, 0.29) is 12.2 Å². The third-order valence-corrected chi connectivity index (χ3v) is 3.59. The molecule has 1 aromatic heterocycles. The number of rotatable bonds is 5. The van der Waals surface area contributed by atoms with E-state index in [0.717, 1.165) is 21.9 Å². The van der Waals surface area contributed by atoms with E-state index in [0.29, 0.717) is 0 Å². The minimum Gasteiger partial charge on any atom is -0.478 e. The zero-order valence-corrected chi connectivity index (χ0v) is 10.9. The topological polar surface area (TPSA) is 70.4 Å². The van der Waals surface area contributed by atoms with Crippen molar-refractivity contribution in [2.45, 2.75) is 17.4 Å². The van der Waals surface area contributed by atoms with Crippen molar-refractivity contribution >= 4 is 17.7 Å². The van der Waals surface area contributed by atoms with Gasteiger partial charge in [-0.1, -0.05) is 24.3 Å². The maximum Gasteiger partial charge on any atom is 0.337 e. The van der Waals surface area contributed by atoms with Gasteiger partial charge < -0.3 is 10.2 Å². The molecule has 4 nitrogen and oxygen atoms in total. The molecule has 0 bridgehead atoms. The molecule has 2 aromatic rings. The summed E-state index contributed by atoms with van der Waals surface area (Å²) in [4.78, 5) is 14.8. The summed E-state index contributed by atoms with van der Waals surface area (Å²) in [6.07, 6.45) is 1.36. The fraction of sp³-hybridized carbons (Fsp3) is 0.143. The number of carboxylic acid groups (broad SMARTS) is 1. The molecule has 0 atom stereocenters. The van der Waals surface area contributed by atoms with Gasteiger partial charge in [-0.05, 0) is 23.3 Å². The van der Waals surface area contributed by atoms with Gasteiger partial charge in [-0.3, -0.25) is 0 Å². The van der Waals surface area contributed by atoms with Gasteiger partial charge in [0.15, 0.2) is 0 Å². The van der Waals surface area contributed by atoms with Crippen LogP contribution in [0.5, 0.6) is 0 Å². The van der Waals surface area contributed by atoms with Crippen molar-refractivity contribution in [3.63, 3.8) is 0 Å². The van der Waals surface area contributed by atoms with Gasteiger partial charge >= 0.3 is 5.97 Å². The number of carbonyl (C=O) groups is 1. The van der Waals surface area contributed by atoms with Crippen molar-refractivity contribution in [2.75, 3.05) is 0 Å². The monoisotopic (exact) mass is 275 g/mol. The van der Waals surface area contributed by atoms with E-state index in [1.807, 2.05) is 24.3 Å². The molecule has 0 aliphatic rings. The van der Waals surface area contributed by atoms with E-state index < -0.39 is 5.97 Å². The molecule has 0 aliphatic heterocycles. The molecule has 0 saturated heterocycles. The van der Waals surface area contributed by atoms with Crippen LogP contribution in [0, 0.1) is 0 Å². The summed E-state index contributed by atoms with van der Waals surface area (Å²) in [6.45, 7) is 0.0473. The Morgan fingerprint density at radius 3 is 2.32 bits per heavy atom. The Bertz CT molecular complexity index is 552. The predicted octanol–water partition coefficient (Wildman–Crippen LogP) is 2.56. The van der Waals surface area contributed by atoms with Crippen LogP contribution in [0.25, 0.3) is 0 Å². The van der Waals surface area contributed by atoms with Crippen molar-refractivity contribution in [2.24, 2.45) is 0 Å². The number of thioether (sulfide) groups is 1. The van der Waals surface area contributed by atoms with Gasteiger partial charge in [-0.15, -0.1) is 11.8 Å². The van der Waals surface area contributed by atoms with Gasteiger partial charge in [0.1, 0.15) is 0 Å². The van der Waals surface area contributed by atoms with E-state index in [1.54, 1.807) is 23.9 Å². The molecule has 98 valence electrons. The summed E-state index contributed by atoms with van der Waals surface area (Å²) in [7, 11) is 0. The van der Waals surface area contributed by atoms with E-state index in [1.165, 1.54) is 6.20 Å². The van der Waals surface area contributed by atoms with Gasteiger partial charge in [0.05, 0.1) is 17.2 Å². The van der Waals surface area contributed by atoms with Crippen LogP contribution in [-0.4, -0.2) is 21.2 Å². The highest BCUT2D eigenvalue weighted by Crippen LogP contribution is 2.21. The maximum absolute atomic E-state index is 10.7. The molecule has 2 N–H and O–H groups in total. The highest BCUT2D eigenvalue weighted by atomic mass is 32.2. The number of nitrogens with zero attached hydrogens (tertiary/aromatic N) is 1. The summed E-state index contributed by atoms with van der Waals surface area (Å²) in [5, 5.41) is 18.5. The molecule has 19 heavy (non-hydrogen) atoms. The molecule has 0 spiro atoms. The number of hydrogen-bond donors (Lipinski definition) is 2. The molecule has 0 saturated carbocycles. The van der Waals surface area contributed by atoms with E-state index >= 15 is 0 Å². The Morgan fingerprint density at radius 2 is 1.79 bits per heavy atom. The second-order valence-electron chi connectivity index (χ2n) is 3.95. The summed E-state index contributed by atoms with van der Waals surface area (Å²) >= 11 is 1.54. The summed E-state index contributed by atoms with van der Waals surface area (Å²) < 4.78 is 0. The number of aliphatic hydroxyl groups is 1. The molecule has 0 aliphatic carbocycles. The Morgan fingerprint density at radius 1 is 1.11 bits per heavy atom. The molecule has 1 aromatic carbocycles. The molecule has 2 rings (SSSR count). The molecule has 5 heteroatoms. The highest BCUT2D eigenvalue weighted by Gasteiger charge is 2.03. The largest absolute Gasteiger partial charge is 0.478 e. The number of benzene rings is 1. The normalized spacial score (nSPS) is 10.4. The fourth-order valence-electron chi connectivity index (χ4n) is 1.49. The van der Waals surface area contributed by atoms with Gasteiger partial charge in [0.25, 0.3) is 0 Å². The third-order valence-electron chi connectivity index (χ3n) is 2.58. The predicted molar refractivity (Wildman–Crippen MR) is 73.1 cm³/mol. The van der Waals surface area contributed by atoms with Crippen molar-refractivity contribution in [3.05, 3.63) is 59.3 Å². The lowest BCUT2D eigenvalue weighted by atomic mass is 10.2. The van der Waals surface area contributed by atoms with Crippen LogP contribution in [-0.2, 0) is 12.4 Å². The Labute approximate surface area is 115 Å². The molecular formula is C14H13NO3S. The molecule has 0 radical (unpaired) electrons. The van der Waals surface area contributed by atoms with E-state index in [4.69, 9.17) is 10.2 Å². The minimum absolute atomic E-state index is 0.0473. The third kappa shape index (κ3) is 3.81. The number of aromatic carboxylic acids is 1. The lowest BCUT2D eigenvalue weighted by Crippen LogP contribution is -1.96. The van der Waals surface area contributed by atoms with Crippen LogP contribution in [0.3, 0.4) is 0 Å². The van der Waals surface area contributed by atoms with Crippen molar-refractivity contribution in [1.29, 1.82) is 0 Å². The van der Waals surface area contributed by atoms with Crippen LogP contribution in [0.15, 0.2) is 47.6 Å². The van der Waals surface area contributed by atoms with E-state index in [2.05, 4.69) is 4.98 Å². The van der Waals surface area contributed by atoms with Gasteiger partial charge in [0, 0.05) is 11.9 Å². The molecular weight excluding hydrogens is 262 g/mol. The fourth-order valence-corrected chi connectivity index (χ4v) is 2.29. The number of hydrogen-bond acceptors (Lipinski definition) is 4. The van der Waals surface area contributed by atoms with Crippen molar-refractivity contribution < 1.29 is 15.0 Å². The van der Waals surface area contributed by atoms with Crippen molar-refractivity contribution in [3.8, 4) is 0 Å². The molecule has 0 amide bonds. The second kappa shape index (κ2) is 6.36. The lowest BCUT2D eigenvalue weighted by molar-refractivity contribution is 0.0696. The lowest BCUT2D eigenvalue weighted by Gasteiger charge is -2.03. The first kappa shape index (κ1) is 13.6. The van der Waals surface area contributed by atoms with Gasteiger partial charge in [0.2, 0.25) is 0 Å². The average Bonchev–Trinajstić information content (AvgIpc) is 2.46. The smallest absolute Gasteiger partial charge is 0.337 e. The number of pyridine rings is 1. The van der Waals surface area contributed by atoms with Crippen molar-refractivity contribution in [1.82, 2.24) is 4.98 Å². The Balaban J connectivity index is 1.95. The SMILES string of the molecule is O=C(O)c1ccc(SCc2ccc(CO)cc2)nc1. The minimum atomic E-state index is -0.969. The zero-order chi connectivity index (χ0) is 13.7. The first-order valence-corrected chi connectivity index (χ1v) is 6.68. The van der Waals surface area contributed by atoms with Crippen LogP contribution in [0.1, 0.15) is 21.5 Å². The second-order valence-corrected chi connectivity index (χ2v) is 4.95. The van der Waals surface area contributed by atoms with Gasteiger partial charge in [-0.25, -0.2) is 9.78 Å². The van der Waals surface area contributed by atoms with Crippen LogP contribution < -0.4 is 0 Å². The van der Waals surface area contributed by atoms with Crippen LogP contribution in [0.4, 0.5) is 0 Å². The number of aliphatic hydroxyl groups excluding tert-OH is 1. The quantitative estimate of drug-likeness (QED) is 0.821. The first-order valence-electron chi connectivity index (χ1n) is 5.70. The molecule has 1 heterocycles. The summed E-state index contributed by atoms with van der Waals surface area (Å²) in [5.41, 5.74) is 2.21. The number of carboxylic acids is 1. The standard InChI is InChI=1S/C14H13NO3S/c16-8-10-1-3-11(4-2-10)9-19-13-6-5-12(7-15-13)14(17)18/h1-7,16H,8-9H2,(H,17,18). The first-order chi connectivity index (χ1) is 9.19. The van der Waals surface area contributed by atoms with Crippen LogP contribution in [0.2, 0.25) is 0 Å². The molecule has 0 unspecified atom stereocenters. The summed E-state index contributed by atoms with van der Waals surface area (Å²) in [6, 6.07) is 10.9. The maximum atomic E-state index is 10.7.